The third-order valence-corrected chi connectivity index (χ3v) is 4.41. The largest absolute Gasteiger partial charge is 0.445 e. The minimum atomic E-state index is -1.59. The molecule has 3 atom stereocenters. The molecular weight excluding hydrogens is 327 g/mol. The maximum Gasteiger partial charge on any atom is 0.410 e. The van der Waals surface area contributed by atoms with Gasteiger partial charge in [-0.25, -0.2) is 14.0 Å². The summed E-state index contributed by atoms with van der Waals surface area (Å²) in [7, 11) is 0. The molecule has 1 saturated heterocycles. The first-order chi connectivity index (χ1) is 11.7. The van der Waals surface area contributed by atoms with Gasteiger partial charge in [0.15, 0.2) is 5.67 Å². The fourth-order valence-electron chi connectivity index (χ4n) is 3.13. The zero-order valence-corrected chi connectivity index (χ0v) is 14.6. The number of fused-ring (bicyclic) bond motifs is 1. The molecule has 1 aromatic carbocycles. The number of halogens is 1. The van der Waals surface area contributed by atoms with Crippen LogP contribution in [0.2, 0.25) is 0 Å². The molecule has 2 fully saturated rings. The fraction of sp³-hybridized carbons (Fsp3) is 0.556. The molecule has 0 spiro atoms. The Kier molecular flexibility index (Phi) is 4.34. The second-order valence-electron chi connectivity index (χ2n) is 7.58. The van der Waals surface area contributed by atoms with Crippen LogP contribution in [0.25, 0.3) is 0 Å². The Morgan fingerprint density at radius 3 is 2.56 bits per heavy atom. The number of alkyl halides is 1. The molecule has 1 aliphatic heterocycles. The smallest absolute Gasteiger partial charge is 0.410 e. The van der Waals surface area contributed by atoms with E-state index in [9.17, 15) is 14.0 Å². The summed E-state index contributed by atoms with van der Waals surface area (Å²) in [6.07, 6.45) is -1.17. The van der Waals surface area contributed by atoms with E-state index in [-0.39, 0.29) is 19.7 Å². The molecule has 1 saturated carbocycles. The zero-order chi connectivity index (χ0) is 18.2. The number of hydrogen-bond acceptors (Lipinski definition) is 4. The van der Waals surface area contributed by atoms with Gasteiger partial charge in [-0.3, -0.25) is 0 Å². The summed E-state index contributed by atoms with van der Waals surface area (Å²) in [5.41, 5.74) is -1.35. The molecule has 0 bridgehead atoms. The lowest BCUT2D eigenvalue weighted by Gasteiger charge is -2.26. The van der Waals surface area contributed by atoms with E-state index in [2.05, 4.69) is 5.32 Å². The Morgan fingerprint density at radius 1 is 1.32 bits per heavy atom. The van der Waals surface area contributed by atoms with E-state index in [0.29, 0.717) is 0 Å². The highest BCUT2D eigenvalue weighted by Gasteiger charge is 2.72. The van der Waals surface area contributed by atoms with Crippen molar-refractivity contribution in [3.05, 3.63) is 35.9 Å². The number of alkyl carbamates (subject to hydrolysis) is 1. The molecule has 25 heavy (non-hydrogen) atoms. The molecule has 2 aliphatic rings. The Labute approximate surface area is 146 Å². The van der Waals surface area contributed by atoms with Crippen molar-refractivity contribution in [3.8, 4) is 0 Å². The number of piperidine rings is 1. The monoisotopic (exact) mass is 350 g/mol. The molecule has 136 valence electrons. The summed E-state index contributed by atoms with van der Waals surface area (Å²) in [5.74, 6) is -0.413. The van der Waals surface area contributed by atoms with Crippen molar-refractivity contribution in [2.24, 2.45) is 5.92 Å². The zero-order valence-electron chi connectivity index (χ0n) is 14.6. The number of rotatable bonds is 3. The molecule has 1 heterocycles. The van der Waals surface area contributed by atoms with Gasteiger partial charge in [-0.2, -0.15) is 0 Å². The van der Waals surface area contributed by atoms with Crippen LogP contribution in [-0.2, 0) is 16.1 Å². The Balaban J connectivity index is 1.45. The van der Waals surface area contributed by atoms with E-state index in [1.54, 1.807) is 20.8 Å². The normalized spacial score (nSPS) is 27.4. The average molecular weight is 350 g/mol. The number of nitrogens with zero attached hydrogens (tertiary/aromatic N) is 1. The topological polar surface area (TPSA) is 67.9 Å². The van der Waals surface area contributed by atoms with Crippen LogP contribution in [0.3, 0.4) is 0 Å². The van der Waals surface area contributed by atoms with Crippen molar-refractivity contribution in [2.75, 3.05) is 13.1 Å². The highest BCUT2D eigenvalue weighted by atomic mass is 19.1. The van der Waals surface area contributed by atoms with Gasteiger partial charge in [0.05, 0.1) is 12.6 Å². The number of ether oxygens (including phenoxy) is 2. The third-order valence-electron chi connectivity index (χ3n) is 4.41. The highest BCUT2D eigenvalue weighted by Crippen LogP contribution is 2.53. The van der Waals surface area contributed by atoms with Gasteiger partial charge in [0.1, 0.15) is 12.2 Å². The number of amides is 2. The van der Waals surface area contributed by atoms with Gasteiger partial charge in [0, 0.05) is 12.5 Å². The SMILES string of the molecule is CC(C)(C)OC(=O)N1CC2[C@H](NC(=O)OCc3ccccc3)[C@@]2(F)C1. The van der Waals surface area contributed by atoms with Crippen LogP contribution in [-0.4, -0.2) is 47.5 Å². The minimum absolute atomic E-state index is 0.0732. The Hall–Kier alpha value is -2.31. The number of nitrogens with one attached hydrogen (secondary N) is 1. The van der Waals surface area contributed by atoms with Crippen LogP contribution in [0, 0.1) is 5.92 Å². The fourth-order valence-corrected chi connectivity index (χ4v) is 3.13. The Morgan fingerprint density at radius 2 is 2.00 bits per heavy atom. The number of likely N-dealkylation sites (tertiary alicyclic amines) is 1. The van der Waals surface area contributed by atoms with Crippen molar-refractivity contribution in [3.63, 3.8) is 0 Å². The van der Waals surface area contributed by atoms with Crippen LogP contribution in [0.15, 0.2) is 30.3 Å². The number of hydrogen-bond donors (Lipinski definition) is 1. The lowest BCUT2D eigenvalue weighted by atomic mass is 10.2. The summed E-state index contributed by atoms with van der Waals surface area (Å²) in [5, 5.41) is 2.56. The van der Waals surface area contributed by atoms with Gasteiger partial charge >= 0.3 is 12.2 Å². The molecule has 6 nitrogen and oxygen atoms in total. The predicted molar refractivity (Wildman–Crippen MR) is 88.7 cm³/mol. The summed E-state index contributed by atoms with van der Waals surface area (Å²) < 4.78 is 25.2. The lowest BCUT2D eigenvalue weighted by molar-refractivity contribution is 0.0245. The molecule has 1 N–H and O–H groups in total. The van der Waals surface area contributed by atoms with E-state index in [4.69, 9.17) is 9.47 Å². The summed E-state index contributed by atoms with van der Waals surface area (Å²) in [6.45, 7) is 5.58. The molecule has 7 heteroatoms. The van der Waals surface area contributed by atoms with Crippen molar-refractivity contribution < 1.29 is 23.5 Å². The summed E-state index contributed by atoms with van der Waals surface area (Å²) in [4.78, 5) is 25.2. The number of carbonyl (C=O) groups is 2. The van der Waals surface area contributed by atoms with Gasteiger partial charge in [-0.05, 0) is 26.3 Å². The first-order valence-corrected chi connectivity index (χ1v) is 8.33. The summed E-state index contributed by atoms with van der Waals surface area (Å²) in [6, 6.07) is 8.64. The molecule has 0 aromatic heterocycles. The Bertz CT molecular complexity index is 661. The van der Waals surface area contributed by atoms with Crippen LogP contribution < -0.4 is 5.32 Å². The van der Waals surface area contributed by atoms with Crippen LogP contribution in [0.4, 0.5) is 14.0 Å². The molecule has 0 radical (unpaired) electrons. The van der Waals surface area contributed by atoms with Crippen molar-refractivity contribution in [2.45, 2.75) is 44.7 Å². The van der Waals surface area contributed by atoms with Gasteiger partial charge in [0.25, 0.3) is 0 Å². The molecule has 1 aliphatic carbocycles. The number of benzene rings is 1. The van der Waals surface area contributed by atoms with Crippen molar-refractivity contribution in [1.82, 2.24) is 10.2 Å². The van der Waals surface area contributed by atoms with Gasteiger partial charge in [-0.1, -0.05) is 30.3 Å². The van der Waals surface area contributed by atoms with Crippen LogP contribution in [0.1, 0.15) is 26.3 Å². The first-order valence-electron chi connectivity index (χ1n) is 8.33. The van der Waals surface area contributed by atoms with E-state index >= 15 is 0 Å². The van der Waals surface area contributed by atoms with Crippen molar-refractivity contribution in [1.29, 1.82) is 0 Å². The van der Waals surface area contributed by atoms with E-state index < -0.39 is 35.4 Å². The van der Waals surface area contributed by atoms with Crippen LogP contribution >= 0.6 is 0 Å². The first kappa shape index (κ1) is 17.5. The van der Waals surface area contributed by atoms with Gasteiger partial charge in [-0.15, -0.1) is 0 Å². The minimum Gasteiger partial charge on any atom is -0.445 e. The molecule has 1 unspecified atom stereocenters. The summed E-state index contributed by atoms with van der Waals surface area (Å²) >= 11 is 0. The molecule has 2 amide bonds. The average Bonchev–Trinajstić information content (AvgIpc) is 2.88. The van der Waals surface area contributed by atoms with E-state index in [1.807, 2.05) is 30.3 Å². The quantitative estimate of drug-likeness (QED) is 0.910. The van der Waals surface area contributed by atoms with Crippen molar-refractivity contribution >= 4 is 12.2 Å². The van der Waals surface area contributed by atoms with Gasteiger partial charge < -0.3 is 19.7 Å². The standard InChI is InChI=1S/C18H23FN2O4/c1-17(2,3)25-16(23)21-9-13-14(18(13,19)11-21)20-15(22)24-10-12-7-5-4-6-8-12/h4-8,13-14H,9-11H2,1-3H3,(H,20,22)/t13?,14-,18+/m0/s1. The lowest BCUT2D eigenvalue weighted by Crippen LogP contribution is -2.42. The third kappa shape index (κ3) is 3.86. The highest BCUT2D eigenvalue weighted by molar-refractivity contribution is 5.71. The van der Waals surface area contributed by atoms with Crippen LogP contribution in [0.5, 0.6) is 0 Å². The molecular formula is C18H23FN2O4. The molecule has 3 rings (SSSR count). The van der Waals surface area contributed by atoms with E-state index in [1.165, 1.54) is 4.90 Å². The second kappa shape index (κ2) is 6.20. The van der Waals surface area contributed by atoms with Gasteiger partial charge in [0.2, 0.25) is 0 Å². The maximum absolute atomic E-state index is 14.8. The van der Waals surface area contributed by atoms with E-state index in [0.717, 1.165) is 5.56 Å². The second-order valence-corrected chi connectivity index (χ2v) is 7.58. The number of carbonyl (C=O) groups excluding carboxylic acids is 2. The predicted octanol–water partition coefficient (Wildman–Crippen LogP) is 2.87. The molecule has 1 aromatic rings. The maximum atomic E-state index is 14.8.